The van der Waals surface area contributed by atoms with Gasteiger partial charge in [-0.15, -0.1) is 24.8 Å². The van der Waals surface area contributed by atoms with Gasteiger partial charge in [-0.25, -0.2) is 0 Å². The molecule has 1 amide bonds. The van der Waals surface area contributed by atoms with Crippen LogP contribution in [0.1, 0.15) is 49.3 Å². The number of hydrogen-bond acceptors (Lipinski definition) is 3. The predicted molar refractivity (Wildman–Crippen MR) is 126 cm³/mol. The van der Waals surface area contributed by atoms with E-state index in [1.54, 1.807) is 0 Å². The molecule has 0 saturated carbocycles. The van der Waals surface area contributed by atoms with Crippen LogP contribution in [0.3, 0.4) is 0 Å². The third kappa shape index (κ3) is 7.54. The lowest BCUT2D eigenvalue weighted by Crippen LogP contribution is -2.37. The Morgan fingerprint density at radius 1 is 1.03 bits per heavy atom. The molecule has 3 rings (SSSR count). The molecule has 1 fully saturated rings. The van der Waals surface area contributed by atoms with Gasteiger partial charge in [0.1, 0.15) is 0 Å². The number of aryl methyl sites for hydroxylation is 1. The average molecular weight is 438 g/mol. The van der Waals surface area contributed by atoms with Crippen LogP contribution >= 0.6 is 24.8 Å². The molecule has 1 saturated heterocycles. The van der Waals surface area contributed by atoms with Crippen LogP contribution in [-0.4, -0.2) is 23.4 Å². The van der Waals surface area contributed by atoms with Crippen LogP contribution in [0.15, 0.2) is 48.5 Å². The minimum atomic E-state index is 0. The summed E-state index contributed by atoms with van der Waals surface area (Å²) in [6.45, 7) is 5.04. The maximum absolute atomic E-state index is 12.3. The summed E-state index contributed by atoms with van der Waals surface area (Å²) in [4.78, 5) is 14.8. The molecule has 0 aromatic heterocycles. The largest absolute Gasteiger partial charge is 0.399 e. The maximum Gasteiger partial charge on any atom is 0.220 e. The lowest BCUT2D eigenvalue weighted by molar-refractivity contribution is -0.121. The Morgan fingerprint density at radius 2 is 1.69 bits per heavy atom. The molecule has 0 radical (unpaired) electrons. The van der Waals surface area contributed by atoms with Gasteiger partial charge >= 0.3 is 0 Å². The van der Waals surface area contributed by atoms with E-state index >= 15 is 0 Å². The number of nitrogens with zero attached hydrogens (tertiary/aromatic N) is 1. The van der Waals surface area contributed by atoms with Crippen molar-refractivity contribution in [2.75, 3.05) is 12.3 Å². The van der Waals surface area contributed by atoms with Gasteiger partial charge in [0, 0.05) is 31.2 Å². The minimum Gasteiger partial charge on any atom is -0.399 e. The number of carbonyl (C=O) groups excluding carboxylic acids is 1. The molecule has 1 aliphatic rings. The van der Waals surface area contributed by atoms with E-state index in [1.807, 2.05) is 24.3 Å². The third-order valence-electron chi connectivity index (χ3n) is 5.58. The van der Waals surface area contributed by atoms with Gasteiger partial charge in [0.15, 0.2) is 0 Å². The Hall–Kier alpha value is -1.75. The van der Waals surface area contributed by atoms with Crippen molar-refractivity contribution >= 4 is 36.4 Å². The van der Waals surface area contributed by atoms with Crippen LogP contribution in [0.5, 0.6) is 0 Å². The summed E-state index contributed by atoms with van der Waals surface area (Å²) in [7, 11) is 0. The van der Waals surface area contributed by atoms with Gasteiger partial charge in [-0.2, -0.15) is 0 Å². The van der Waals surface area contributed by atoms with E-state index in [2.05, 4.69) is 41.4 Å². The number of nitrogen functional groups attached to an aromatic ring is 1. The molecule has 1 unspecified atom stereocenters. The quantitative estimate of drug-likeness (QED) is 0.615. The van der Waals surface area contributed by atoms with Crippen LogP contribution in [0.2, 0.25) is 0 Å². The number of carbonyl (C=O) groups is 1. The second-order valence-corrected chi connectivity index (χ2v) is 7.56. The number of para-hydroxylation sites is 1. The van der Waals surface area contributed by atoms with E-state index < -0.39 is 0 Å². The normalized spacial score (nSPS) is 16.4. The molecule has 3 N–H and O–H groups in total. The number of anilines is 1. The number of hydrogen-bond donors (Lipinski definition) is 2. The van der Waals surface area contributed by atoms with Crippen molar-refractivity contribution in [1.29, 1.82) is 0 Å². The molecule has 2 aromatic rings. The van der Waals surface area contributed by atoms with Crippen molar-refractivity contribution in [3.05, 3.63) is 65.2 Å². The highest BCUT2D eigenvalue weighted by molar-refractivity contribution is 5.85. The van der Waals surface area contributed by atoms with E-state index in [0.717, 1.165) is 17.8 Å². The van der Waals surface area contributed by atoms with Crippen molar-refractivity contribution < 1.29 is 4.79 Å². The average Bonchev–Trinajstić information content (AvgIpc) is 2.68. The second kappa shape index (κ2) is 12.7. The Labute approximate surface area is 187 Å². The SMILES string of the molecule is CC1CCCCN1Cc1ccccc1CNC(=O)CCc1ccccc1N.Cl.Cl. The second-order valence-electron chi connectivity index (χ2n) is 7.56. The monoisotopic (exact) mass is 437 g/mol. The van der Waals surface area contributed by atoms with Crippen LogP contribution < -0.4 is 11.1 Å². The molecule has 4 nitrogen and oxygen atoms in total. The highest BCUT2D eigenvalue weighted by atomic mass is 35.5. The van der Waals surface area contributed by atoms with Crippen LogP contribution in [0.4, 0.5) is 5.69 Å². The number of halogens is 2. The minimum absolute atomic E-state index is 0. The molecule has 2 aromatic carbocycles. The smallest absolute Gasteiger partial charge is 0.220 e. The first kappa shape index (κ1) is 25.3. The van der Waals surface area contributed by atoms with Crippen LogP contribution in [0.25, 0.3) is 0 Å². The maximum atomic E-state index is 12.3. The summed E-state index contributed by atoms with van der Waals surface area (Å²) >= 11 is 0. The Morgan fingerprint density at radius 3 is 2.38 bits per heavy atom. The molecular formula is C23H33Cl2N3O. The predicted octanol–water partition coefficient (Wildman–Crippen LogP) is 4.74. The fraction of sp³-hybridized carbons (Fsp3) is 0.435. The van der Waals surface area contributed by atoms with Gasteiger partial charge < -0.3 is 11.1 Å². The molecule has 0 bridgehead atoms. The molecular weight excluding hydrogens is 405 g/mol. The number of likely N-dealkylation sites (tertiary alicyclic amines) is 1. The van der Waals surface area contributed by atoms with E-state index in [4.69, 9.17) is 5.73 Å². The van der Waals surface area contributed by atoms with Gasteiger partial charge in [-0.1, -0.05) is 48.9 Å². The van der Waals surface area contributed by atoms with Crippen LogP contribution in [-0.2, 0) is 24.3 Å². The first-order valence-corrected chi connectivity index (χ1v) is 10.0. The van der Waals surface area contributed by atoms with Crippen LogP contribution in [0, 0.1) is 0 Å². The zero-order valence-electron chi connectivity index (χ0n) is 17.1. The Kier molecular flexibility index (Phi) is 11.1. The molecule has 0 aliphatic carbocycles. The molecule has 1 aliphatic heterocycles. The van der Waals surface area contributed by atoms with Gasteiger partial charge in [0.05, 0.1) is 0 Å². The topological polar surface area (TPSA) is 58.4 Å². The summed E-state index contributed by atoms with van der Waals surface area (Å²) < 4.78 is 0. The number of nitrogens with one attached hydrogen (secondary N) is 1. The van der Waals surface area contributed by atoms with Crippen molar-refractivity contribution in [2.24, 2.45) is 0 Å². The number of nitrogens with two attached hydrogens (primary N) is 1. The molecule has 1 atom stereocenters. The van der Waals surface area contributed by atoms with E-state index in [-0.39, 0.29) is 30.7 Å². The first-order valence-electron chi connectivity index (χ1n) is 10.0. The van der Waals surface area contributed by atoms with Crippen molar-refractivity contribution in [3.8, 4) is 0 Å². The van der Waals surface area contributed by atoms with Gasteiger partial charge in [-0.05, 0) is 55.5 Å². The fourth-order valence-electron chi connectivity index (χ4n) is 3.79. The van der Waals surface area contributed by atoms with Crippen molar-refractivity contribution in [2.45, 2.75) is 58.2 Å². The lowest BCUT2D eigenvalue weighted by atomic mass is 10.0. The summed E-state index contributed by atoms with van der Waals surface area (Å²) in [6.07, 6.45) is 5.03. The van der Waals surface area contributed by atoms with E-state index in [0.29, 0.717) is 25.4 Å². The zero-order chi connectivity index (χ0) is 19.1. The Bertz CT molecular complexity index is 769. The van der Waals surface area contributed by atoms with Gasteiger partial charge in [-0.3, -0.25) is 9.69 Å². The number of amides is 1. The molecule has 29 heavy (non-hydrogen) atoms. The lowest BCUT2D eigenvalue weighted by Gasteiger charge is -2.33. The standard InChI is InChI=1S/C23H31N3O.2ClH/c1-18-8-6-7-15-26(18)17-21-11-3-2-10-20(21)16-25-23(27)14-13-19-9-4-5-12-22(19)24;;/h2-5,9-12,18H,6-8,13-17,24H2,1H3,(H,25,27);2*1H. The summed E-state index contributed by atoms with van der Waals surface area (Å²) in [6, 6.07) is 16.8. The van der Waals surface area contributed by atoms with Crippen molar-refractivity contribution in [3.63, 3.8) is 0 Å². The highest BCUT2D eigenvalue weighted by Crippen LogP contribution is 2.21. The Balaban J connectivity index is 0.00000210. The van der Waals surface area contributed by atoms with E-state index in [1.165, 1.54) is 36.9 Å². The van der Waals surface area contributed by atoms with E-state index in [9.17, 15) is 4.79 Å². The van der Waals surface area contributed by atoms with Crippen molar-refractivity contribution in [1.82, 2.24) is 10.2 Å². The van der Waals surface area contributed by atoms with Gasteiger partial charge in [0.2, 0.25) is 5.91 Å². The molecule has 160 valence electrons. The fourth-order valence-corrected chi connectivity index (χ4v) is 3.79. The number of piperidine rings is 1. The zero-order valence-corrected chi connectivity index (χ0v) is 18.7. The summed E-state index contributed by atoms with van der Waals surface area (Å²) in [5, 5.41) is 3.08. The molecule has 6 heteroatoms. The highest BCUT2D eigenvalue weighted by Gasteiger charge is 2.19. The number of benzene rings is 2. The first-order chi connectivity index (χ1) is 13.1. The van der Waals surface area contributed by atoms with Gasteiger partial charge in [0.25, 0.3) is 0 Å². The summed E-state index contributed by atoms with van der Waals surface area (Å²) in [5.74, 6) is 0.0689. The third-order valence-corrected chi connectivity index (χ3v) is 5.58. The molecule has 0 spiro atoms. The molecule has 1 heterocycles. The number of rotatable bonds is 7. The summed E-state index contributed by atoms with van der Waals surface area (Å²) in [5.41, 5.74) is 10.3.